The Morgan fingerprint density at radius 1 is 1.19 bits per heavy atom. The maximum absolute atomic E-state index is 12.3. The van der Waals surface area contributed by atoms with Crippen molar-refractivity contribution in [1.29, 1.82) is 0 Å². The van der Waals surface area contributed by atoms with Crippen LogP contribution >= 0.6 is 0 Å². The van der Waals surface area contributed by atoms with Gasteiger partial charge in [-0.05, 0) is 52.5 Å². The van der Waals surface area contributed by atoms with Crippen LogP contribution in [0.4, 0.5) is 0 Å². The molecular weight excluding hydrogens is 272 g/mol. The van der Waals surface area contributed by atoms with Crippen molar-refractivity contribution in [2.24, 2.45) is 5.41 Å². The van der Waals surface area contributed by atoms with Gasteiger partial charge in [-0.25, -0.2) is 0 Å². The molecule has 0 saturated carbocycles. The minimum absolute atomic E-state index is 0.154. The lowest BCUT2D eigenvalue weighted by atomic mass is 9.71. The van der Waals surface area contributed by atoms with Crippen molar-refractivity contribution in [2.45, 2.75) is 53.2 Å². The van der Waals surface area contributed by atoms with Crippen molar-refractivity contribution in [3.63, 3.8) is 0 Å². The van der Waals surface area contributed by atoms with Crippen LogP contribution in [0.5, 0.6) is 0 Å². The molecule has 120 valence electrons. The quantitative estimate of drug-likeness (QED) is 0.298. The Morgan fingerprint density at radius 2 is 1.81 bits per heavy atom. The third-order valence-electron chi connectivity index (χ3n) is 3.76. The van der Waals surface area contributed by atoms with Gasteiger partial charge in [0, 0.05) is 13.2 Å². The van der Waals surface area contributed by atoms with E-state index in [9.17, 15) is 9.59 Å². The molecule has 21 heavy (non-hydrogen) atoms. The molecule has 0 fully saturated rings. The second kappa shape index (κ2) is 8.29. The highest BCUT2D eigenvalue weighted by atomic mass is 16.7. The molecule has 1 rings (SSSR count). The molecule has 1 aliphatic rings. The number of rotatable bonds is 8. The number of carbonyl (C=O) groups excluding carboxylic acids is 2. The number of hydrogen-bond donors (Lipinski definition) is 0. The number of carbonyl (C=O) groups is 2. The van der Waals surface area contributed by atoms with E-state index in [4.69, 9.17) is 14.2 Å². The zero-order valence-electron chi connectivity index (χ0n) is 13.4. The van der Waals surface area contributed by atoms with Crippen molar-refractivity contribution in [1.82, 2.24) is 0 Å². The second-order valence-electron chi connectivity index (χ2n) is 5.10. The summed E-state index contributed by atoms with van der Waals surface area (Å²) in [6.07, 6.45) is 2.95. The maximum atomic E-state index is 12.3. The fraction of sp³-hybridized carbons (Fsp3) is 0.750. The van der Waals surface area contributed by atoms with Crippen LogP contribution in [0, 0.1) is 5.41 Å². The van der Waals surface area contributed by atoms with Crippen LogP contribution in [0.25, 0.3) is 0 Å². The van der Waals surface area contributed by atoms with E-state index in [1.54, 1.807) is 6.92 Å². The molecule has 1 unspecified atom stereocenters. The topological polar surface area (TPSA) is 61.8 Å². The van der Waals surface area contributed by atoms with Crippen LogP contribution in [0.2, 0.25) is 0 Å². The number of hydrogen-bond acceptors (Lipinski definition) is 5. The molecule has 1 atom stereocenters. The summed E-state index contributed by atoms with van der Waals surface area (Å²) in [6.45, 7) is 8.26. The second-order valence-corrected chi connectivity index (χ2v) is 5.10. The summed E-state index contributed by atoms with van der Waals surface area (Å²) >= 11 is 0. The van der Waals surface area contributed by atoms with Crippen molar-refractivity contribution in [3.8, 4) is 0 Å². The first-order valence-corrected chi connectivity index (χ1v) is 7.62. The molecule has 0 saturated heterocycles. The predicted molar refractivity (Wildman–Crippen MR) is 78.7 cm³/mol. The molecule has 0 bridgehead atoms. The van der Waals surface area contributed by atoms with Crippen molar-refractivity contribution < 1.29 is 23.8 Å². The molecule has 5 nitrogen and oxygen atoms in total. The maximum Gasteiger partial charge on any atom is 0.319 e. The summed E-state index contributed by atoms with van der Waals surface area (Å²) in [5.74, 6) is -0.590. The summed E-state index contributed by atoms with van der Waals surface area (Å²) in [4.78, 5) is 24.4. The van der Waals surface area contributed by atoms with E-state index in [-0.39, 0.29) is 12.4 Å². The average Bonchev–Trinajstić information content (AvgIpc) is 2.47. The Bertz CT molecular complexity index is 395. The van der Waals surface area contributed by atoms with Crippen molar-refractivity contribution >= 4 is 11.8 Å². The van der Waals surface area contributed by atoms with Gasteiger partial charge in [0.25, 0.3) is 0 Å². The fourth-order valence-corrected chi connectivity index (χ4v) is 2.65. The van der Waals surface area contributed by atoms with Gasteiger partial charge in [-0.1, -0.05) is 6.08 Å². The largest absolute Gasteiger partial charge is 0.465 e. The molecule has 0 aliphatic heterocycles. The van der Waals surface area contributed by atoms with Crippen LogP contribution in [0.15, 0.2) is 11.6 Å². The van der Waals surface area contributed by atoms with Gasteiger partial charge in [0.2, 0.25) is 0 Å². The summed E-state index contributed by atoms with van der Waals surface area (Å²) in [7, 11) is 0. The number of esters is 1. The smallest absolute Gasteiger partial charge is 0.319 e. The van der Waals surface area contributed by atoms with Gasteiger partial charge in [-0.15, -0.1) is 0 Å². The first-order valence-electron chi connectivity index (χ1n) is 7.62. The molecule has 0 aromatic carbocycles. The molecule has 0 aromatic heterocycles. The van der Waals surface area contributed by atoms with Crippen LogP contribution < -0.4 is 0 Å². The Hall–Kier alpha value is -1.20. The van der Waals surface area contributed by atoms with E-state index in [0.717, 1.165) is 5.57 Å². The monoisotopic (exact) mass is 298 g/mol. The molecule has 0 aromatic rings. The molecule has 0 amide bonds. The Labute approximate surface area is 126 Å². The zero-order valence-corrected chi connectivity index (χ0v) is 13.4. The summed E-state index contributed by atoms with van der Waals surface area (Å²) < 4.78 is 16.3. The molecule has 1 aliphatic carbocycles. The van der Waals surface area contributed by atoms with Crippen LogP contribution in [0.3, 0.4) is 0 Å². The molecule has 5 heteroatoms. The van der Waals surface area contributed by atoms with E-state index < -0.39 is 17.7 Å². The highest BCUT2D eigenvalue weighted by Crippen LogP contribution is 2.40. The Kier molecular flexibility index (Phi) is 7.05. The predicted octanol–water partition coefficient (Wildman–Crippen LogP) is 2.63. The third kappa shape index (κ3) is 4.14. The standard InChI is InChI=1S/C16H26O5/c1-5-19-14(20-6-2)13-9-8-10-16(11-13,12(4)17)15(18)21-7-3/h9,14H,5-8,10-11H2,1-4H3. The van der Waals surface area contributed by atoms with Crippen LogP contribution in [0.1, 0.15) is 47.0 Å². The van der Waals surface area contributed by atoms with Crippen LogP contribution in [-0.2, 0) is 23.8 Å². The van der Waals surface area contributed by atoms with Gasteiger partial charge < -0.3 is 14.2 Å². The molecule has 0 heterocycles. The van der Waals surface area contributed by atoms with Gasteiger partial charge >= 0.3 is 5.97 Å². The SMILES string of the molecule is CCOC(=O)C1(C(C)=O)CCC=C(C(OCC)OCC)C1. The molecule has 0 N–H and O–H groups in total. The van der Waals surface area contributed by atoms with Gasteiger partial charge in [0.1, 0.15) is 11.2 Å². The Morgan fingerprint density at radius 3 is 2.29 bits per heavy atom. The Balaban J connectivity index is 2.99. The lowest BCUT2D eigenvalue weighted by molar-refractivity contribution is -0.162. The number of allylic oxidation sites excluding steroid dienone is 1. The van der Waals surface area contributed by atoms with E-state index in [2.05, 4.69) is 0 Å². The van der Waals surface area contributed by atoms with Crippen LogP contribution in [-0.4, -0.2) is 37.9 Å². The van der Waals surface area contributed by atoms with Crippen molar-refractivity contribution in [2.75, 3.05) is 19.8 Å². The fourth-order valence-electron chi connectivity index (χ4n) is 2.65. The minimum atomic E-state index is -1.09. The highest BCUT2D eigenvalue weighted by Gasteiger charge is 2.47. The number of ether oxygens (including phenoxy) is 3. The van der Waals surface area contributed by atoms with E-state index in [1.165, 1.54) is 6.92 Å². The lowest BCUT2D eigenvalue weighted by Crippen LogP contribution is -2.43. The molecular formula is C16H26O5. The zero-order chi connectivity index (χ0) is 15.9. The van der Waals surface area contributed by atoms with E-state index in [1.807, 2.05) is 19.9 Å². The molecule has 0 radical (unpaired) electrons. The van der Waals surface area contributed by atoms with E-state index in [0.29, 0.717) is 32.5 Å². The molecule has 0 spiro atoms. The van der Waals surface area contributed by atoms with Gasteiger partial charge in [-0.3, -0.25) is 9.59 Å². The number of ketones is 1. The summed E-state index contributed by atoms with van der Waals surface area (Å²) in [6, 6.07) is 0. The van der Waals surface area contributed by atoms with E-state index >= 15 is 0 Å². The normalized spacial score (nSPS) is 22.0. The first kappa shape index (κ1) is 17.9. The summed E-state index contributed by atoms with van der Waals surface area (Å²) in [5.41, 5.74) is -0.236. The third-order valence-corrected chi connectivity index (χ3v) is 3.76. The van der Waals surface area contributed by atoms with Gasteiger partial charge in [0.15, 0.2) is 6.29 Å². The van der Waals surface area contributed by atoms with Gasteiger partial charge in [-0.2, -0.15) is 0 Å². The number of Topliss-reactive ketones (excluding diaryl/α,β-unsaturated/α-hetero) is 1. The van der Waals surface area contributed by atoms with Gasteiger partial charge in [0.05, 0.1) is 6.61 Å². The summed E-state index contributed by atoms with van der Waals surface area (Å²) in [5, 5.41) is 0. The lowest BCUT2D eigenvalue weighted by Gasteiger charge is -2.34. The first-order chi connectivity index (χ1) is 10.0. The minimum Gasteiger partial charge on any atom is -0.465 e. The average molecular weight is 298 g/mol. The highest BCUT2D eigenvalue weighted by molar-refractivity contribution is 6.03. The van der Waals surface area contributed by atoms with Crippen molar-refractivity contribution in [3.05, 3.63) is 11.6 Å².